The van der Waals surface area contributed by atoms with Crippen LogP contribution in [0.1, 0.15) is 19.4 Å². The molecule has 0 saturated carbocycles. The van der Waals surface area contributed by atoms with E-state index in [1.807, 2.05) is 55.8 Å². The number of nitrogens with zero attached hydrogens (tertiary/aromatic N) is 3. The van der Waals surface area contributed by atoms with Gasteiger partial charge in [-0.2, -0.15) is 4.68 Å². The number of amides is 1. The molecule has 2 heterocycles. The van der Waals surface area contributed by atoms with E-state index in [9.17, 15) is 4.79 Å². The zero-order chi connectivity index (χ0) is 20.1. The average molecular weight is 401 g/mol. The highest BCUT2D eigenvalue weighted by Crippen LogP contribution is 2.20. The fourth-order valence-electron chi connectivity index (χ4n) is 3.00. The largest absolute Gasteiger partial charge is 0.461 e. The highest BCUT2D eigenvalue weighted by molar-refractivity contribution is 7.71. The summed E-state index contributed by atoms with van der Waals surface area (Å²) in [7, 11) is 1.95. The Morgan fingerprint density at radius 2 is 2.00 bits per heavy atom. The molecule has 3 aromatic rings. The van der Waals surface area contributed by atoms with Gasteiger partial charge in [0.25, 0.3) is 5.91 Å². The Hall–Kier alpha value is -2.71. The third-order valence-electron chi connectivity index (χ3n) is 4.18. The lowest BCUT2D eigenvalue weighted by Gasteiger charge is -2.14. The number of hydrogen-bond donors (Lipinski definition) is 2. The third kappa shape index (κ3) is 4.96. The number of hydrogen-bond acceptors (Lipinski definition) is 4. The van der Waals surface area contributed by atoms with E-state index in [4.69, 9.17) is 16.6 Å². The standard InChI is InChI=1S/C20H25N5O2S/c1-15(2)21-18(26)13-23(3)14-25-20(28)24(12-16-8-5-4-6-9-16)19(22-25)17-10-7-11-27-17/h4-11,15H,12-14H2,1-3H3,(H,21,26)/p+1. The predicted molar refractivity (Wildman–Crippen MR) is 109 cm³/mol. The maximum atomic E-state index is 12.0. The molecule has 148 valence electrons. The van der Waals surface area contributed by atoms with Gasteiger partial charge in [0.05, 0.1) is 19.9 Å². The quantitative estimate of drug-likeness (QED) is 0.565. The van der Waals surface area contributed by atoms with Crippen molar-refractivity contribution in [3.8, 4) is 11.6 Å². The second-order valence-corrected chi connectivity index (χ2v) is 7.53. The highest BCUT2D eigenvalue weighted by atomic mass is 32.1. The first-order valence-electron chi connectivity index (χ1n) is 9.30. The first-order chi connectivity index (χ1) is 13.4. The van der Waals surface area contributed by atoms with Crippen molar-refractivity contribution in [3.05, 3.63) is 59.1 Å². The van der Waals surface area contributed by atoms with Crippen molar-refractivity contribution in [3.63, 3.8) is 0 Å². The van der Waals surface area contributed by atoms with Gasteiger partial charge < -0.3 is 14.6 Å². The van der Waals surface area contributed by atoms with E-state index in [2.05, 4.69) is 22.5 Å². The number of carbonyl (C=O) groups excluding carboxylic acids is 1. The van der Waals surface area contributed by atoms with Crippen LogP contribution in [0.2, 0.25) is 0 Å². The number of aromatic nitrogens is 3. The van der Waals surface area contributed by atoms with E-state index >= 15 is 0 Å². The number of likely N-dealkylation sites (N-methyl/N-ethyl adjacent to an activating group) is 1. The van der Waals surface area contributed by atoms with Gasteiger partial charge >= 0.3 is 0 Å². The predicted octanol–water partition coefficient (Wildman–Crippen LogP) is 1.72. The van der Waals surface area contributed by atoms with Crippen LogP contribution in [0.15, 0.2) is 53.1 Å². The first-order valence-corrected chi connectivity index (χ1v) is 9.71. The molecule has 1 unspecified atom stereocenters. The van der Waals surface area contributed by atoms with E-state index in [1.165, 1.54) is 0 Å². The van der Waals surface area contributed by atoms with Crippen molar-refractivity contribution in [1.82, 2.24) is 19.7 Å². The van der Waals surface area contributed by atoms with Gasteiger partial charge in [0, 0.05) is 6.04 Å². The van der Waals surface area contributed by atoms with Gasteiger partial charge in [-0.1, -0.05) is 30.3 Å². The van der Waals surface area contributed by atoms with Crippen LogP contribution in [0.3, 0.4) is 0 Å². The van der Waals surface area contributed by atoms with Crippen molar-refractivity contribution in [1.29, 1.82) is 0 Å². The first kappa shape index (κ1) is 20.0. The monoisotopic (exact) mass is 400 g/mol. The summed E-state index contributed by atoms with van der Waals surface area (Å²) >= 11 is 5.70. The van der Waals surface area contributed by atoms with Crippen molar-refractivity contribution in [2.45, 2.75) is 33.1 Å². The number of benzene rings is 1. The molecule has 0 spiro atoms. The number of quaternary nitrogens is 1. The molecule has 0 radical (unpaired) electrons. The zero-order valence-corrected chi connectivity index (χ0v) is 17.2. The Labute approximate surface area is 169 Å². The maximum Gasteiger partial charge on any atom is 0.275 e. The number of rotatable bonds is 8. The van der Waals surface area contributed by atoms with E-state index in [0.29, 0.717) is 36.1 Å². The molecule has 3 rings (SSSR count). The summed E-state index contributed by atoms with van der Waals surface area (Å²) in [5.74, 6) is 1.35. The van der Waals surface area contributed by atoms with Crippen molar-refractivity contribution in [2.75, 3.05) is 13.6 Å². The van der Waals surface area contributed by atoms with Gasteiger partial charge in [0.15, 0.2) is 24.8 Å². The summed E-state index contributed by atoms with van der Waals surface area (Å²) in [6.07, 6.45) is 1.62. The Morgan fingerprint density at radius 1 is 1.25 bits per heavy atom. The molecule has 1 atom stereocenters. The van der Waals surface area contributed by atoms with Crippen LogP contribution in [-0.2, 0) is 18.0 Å². The molecular weight excluding hydrogens is 374 g/mol. The van der Waals surface area contributed by atoms with Crippen LogP contribution < -0.4 is 10.2 Å². The summed E-state index contributed by atoms with van der Waals surface area (Å²) in [5, 5.41) is 7.60. The SMILES string of the molecule is CC(C)NC(=O)C[NH+](C)Cn1nc(-c2ccco2)n(Cc2ccccc2)c1=S. The van der Waals surface area contributed by atoms with Crippen LogP contribution in [0.25, 0.3) is 11.6 Å². The second kappa shape index (κ2) is 8.99. The Kier molecular flexibility index (Phi) is 6.43. The fraction of sp³-hybridized carbons (Fsp3) is 0.350. The number of carbonyl (C=O) groups is 1. The lowest BCUT2D eigenvalue weighted by molar-refractivity contribution is -0.895. The number of furan rings is 1. The van der Waals surface area contributed by atoms with E-state index in [0.717, 1.165) is 10.5 Å². The van der Waals surface area contributed by atoms with Gasteiger partial charge in [-0.25, -0.2) is 0 Å². The molecule has 28 heavy (non-hydrogen) atoms. The molecule has 8 heteroatoms. The van der Waals surface area contributed by atoms with Gasteiger partial charge in [-0.05, 0) is 43.8 Å². The zero-order valence-electron chi connectivity index (χ0n) is 16.4. The fourth-order valence-corrected chi connectivity index (χ4v) is 3.26. The summed E-state index contributed by atoms with van der Waals surface area (Å²) < 4.78 is 9.88. The molecule has 1 amide bonds. The van der Waals surface area contributed by atoms with Gasteiger partial charge in [0.2, 0.25) is 4.77 Å². The van der Waals surface area contributed by atoms with Gasteiger partial charge in [-0.3, -0.25) is 9.36 Å². The molecule has 0 saturated heterocycles. The average Bonchev–Trinajstić information content (AvgIpc) is 3.26. The summed E-state index contributed by atoms with van der Waals surface area (Å²) in [4.78, 5) is 13.0. The Morgan fingerprint density at radius 3 is 2.64 bits per heavy atom. The molecular formula is C20H26N5O2S+. The normalized spacial score (nSPS) is 12.3. The van der Waals surface area contributed by atoms with Crippen LogP contribution >= 0.6 is 12.2 Å². The van der Waals surface area contributed by atoms with Crippen molar-refractivity contribution >= 4 is 18.1 Å². The molecule has 0 aliphatic rings. The molecule has 0 aliphatic carbocycles. The van der Waals surface area contributed by atoms with Gasteiger partial charge in [-0.15, -0.1) is 5.10 Å². The molecule has 7 nitrogen and oxygen atoms in total. The topological polar surface area (TPSA) is 69.4 Å². The minimum atomic E-state index is 0.00833. The van der Waals surface area contributed by atoms with E-state index in [1.54, 1.807) is 10.9 Å². The molecule has 0 bridgehead atoms. The van der Waals surface area contributed by atoms with Gasteiger partial charge in [0.1, 0.15) is 0 Å². The Bertz CT molecular complexity index is 960. The van der Waals surface area contributed by atoms with Crippen LogP contribution in [0.5, 0.6) is 0 Å². The van der Waals surface area contributed by atoms with E-state index in [-0.39, 0.29) is 11.9 Å². The molecule has 0 aliphatic heterocycles. The van der Waals surface area contributed by atoms with Crippen LogP contribution in [-0.4, -0.2) is 39.9 Å². The molecule has 1 aromatic carbocycles. The van der Waals surface area contributed by atoms with Crippen molar-refractivity contribution < 1.29 is 14.1 Å². The lowest BCUT2D eigenvalue weighted by Crippen LogP contribution is -3.09. The summed E-state index contributed by atoms with van der Waals surface area (Å²) in [5.41, 5.74) is 1.13. The van der Waals surface area contributed by atoms with Crippen LogP contribution in [0.4, 0.5) is 0 Å². The molecule has 2 N–H and O–H groups in total. The summed E-state index contributed by atoms with van der Waals surface area (Å²) in [6.45, 7) is 5.33. The second-order valence-electron chi connectivity index (χ2n) is 7.17. The minimum absolute atomic E-state index is 0.00833. The number of nitrogens with one attached hydrogen (secondary N) is 2. The lowest BCUT2D eigenvalue weighted by atomic mass is 10.2. The third-order valence-corrected chi connectivity index (χ3v) is 4.61. The molecule has 0 fully saturated rings. The van der Waals surface area contributed by atoms with E-state index < -0.39 is 0 Å². The minimum Gasteiger partial charge on any atom is -0.461 e. The van der Waals surface area contributed by atoms with Crippen molar-refractivity contribution in [2.24, 2.45) is 0 Å². The summed E-state index contributed by atoms with van der Waals surface area (Å²) in [6, 6.07) is 13.9. The Balaban J connectivity index is 1.85. The smallest absolute Gasteiger partial charge is 0.275 e. The maximum absolute atomic E-state index is 12.0. The molecule has 2 aromatic heterocycles. The highest BCUT2D eigenvalue weighted by Gasteiger charge is 2.18. The van der Waals surface area contributed by atoms with Crippen LogP contribution in [0, 0.1) is 4.77 Å².